The highest BCUT2D eigenvalue weighted by molar-refractivity contribution is 5.99. The topological polar surface area (TPSA) is 97.8 Å². The summed E-state index contributed by atoms with van der Waals surface area (Å²) < 4.78 is 15.7. The van der Waals surface area contributed by atoms with E-state index in [1.54, 1.807) is 44.8 Å². The lowest BCUT2D eigenvalue weighted by Crippen LogP contribution is -2.37. The van der Waals surface area contributed by atoms with E-state index in [0.29, 0.717) is 42.0 Å². The van der Waals surface area contributed by atoms with Gasteiger partial charge in [0.2, 0.25) is 5.95 Å². The van der Waals surface area contributed by atoms with Crippen LogP contribution in [-0.2, 0) is 4.74 Å². The van der Waals surface area contributed by atoms with E-state index in [9.17, 15) is 4.79 Å². The maximum atomic E-state index is 12.2. The van der Waals surface area contributed by atoms with Crippen LogP contribution in [0.5, 0.6) is 11.5 Å². The second kappa shape index (κ2) is 8.34. The van der Waals surface area contributed by atoms with Crippen LogP contribution in [-0.4, -0.2) is 56.5 Å². The van der Waals surface area contributed by atoms with Gasteiger partial charge >= 0.3 is 6.03 Å². The van der Waals surface area contributed by atoms with Gasteiger partial charge in [-0.2, -0.15) is 0 Å². The molecule has 0 radical (unpaired) electrons. The van der Waals surface area contributed by atoms with Gasteiger partial charge in [-0.25, -0.2) is 14.8 Å². The Balaban J connectivity index is 1.61. The second-order valence-corrected chi connectivity index (χ2v) is 5.55. The summed E-state index contributed by atoms with van der Waals surface area (Å²) >= 11 is 0. The highest BCUT2D eigenvalue weighted by atomic mass is 16.5. The normalized spacial score (nSPS) is 13.8. The summed E-state index contributed by atoms with van der Waals surface area (Å²) in [4.78, 5) is 22.8. The van der Waals surface area contributed by atoms with Crippen molar-refractivity contribution in [3.8, 4) is 11.5 Å². The average molecular weight is 359 g/mol. The van der Waals surface area contributed by atoms with Crippen molar-refractivity contribution < 1.29 is 19.0 Å². The summed E-state index contributed by atoms with van der Waals surface area (Å²) in [6.07, 6.45) is 3.15. The number of anilines is 3. The van der Waals surface area contributed by atoms with Crippen molar-refractivity contribution in [2.24, 2.45) is 0 Å². The SMILES string of the molecule is COc1cc(NC(=O)Nc2cnc(N3CCOCC3)nc2)cc(OC)c1. The van der Waals surface area contributed by atoms with E-state index in [0.717, 1.165) is 13.1 Å². The highest BCUT2D eigenvalue weighted by Gasteiger charge is 2.14. The van der Waals surface area contributed by atoms with Crippen LogP contribution >= 0.6 is 0 Å². The van der Waals surface area contributed by atoms with Gasteiger partial charge in [0.25, 0.3) is 0 Å². The number of aromatic nitrogens is 2. The number of benzene rings is 1. The number of rotatable bonds is 5. The van der Waals surface area contributed by atoms with Crippen molar-refractivity contribution in [1.29, 1.82) is 0 Å². The van der Waals surface area contributed by atoms with Crippen LogP contribution in [0, 0.1) is 0 Å². The van der Waals surface area contributed by atoms with Crippen LogP contribution in [0.1, 0.15) is 0 Å². The van der Waals surface area contributed by atoms with Gasteiger partial charge in [0.15, 0.2) is 0 Å². The van der Waals surface area contributed by atoms with E-state index in [2.05, 4.69) is 20.6 Å². The van der Waals surface area contributed by atoms with Gasteiger partial charge in [0.1, 0.15) is 11.5 Å². The van der Waals surface area contributed by atoms with Gasteiger partial charge in [-0.15, -0.1) is 0 Å². The Kier molecular flexibility index (Phi) is 5.69. The van der Waals surface area contributed by atoms with Crippen molar-refractivity contribution in [3.63, 3.8) is 0 Å². The van der Waals surface area contributed by atoms with Gasteiger partial charge in [0, 0.05) is 37.0 Å². The lowest BCUT2D eigenvalue weighted by molar-refractivity contribution is 0.122. The first-order valence-corrected chi connectivity index (χ1v) is 8.14. The van der Waals surface area contributed by atoms with E-state index < -0.39 is 6.03 Å². The van der Waals surface area contributed by atoms with Crippen LogP contribution in [0.15, 0.2) is 30.6 Å². The molecule has 0 bridgehead atoms. The zero-order chi connectivity index (χ0) is 18.4. The number of urea groups is 1. The first kappa shape index (κ1) is 17.7. The largest absolute Gasteiger partial charge is 0.497 e. The zero-order valence-electron chi connectivity index (χ0n) is 14.7. The Morgan fingerprint density at radius 1 is 1.00 bits per heavy atom. The molecule has 2 N–H and O–H groups in total. The lowest BCUT2D eigenvalue weighted by atomic mass is 10.3. The fourth-order valence-corrected chi connectivity index (χ4v) is 2.49. The molecule has 26 heavy (non-hydrogen) atoms. The number of methoxy groups -OCH3 is 2. The molecular formula is C17H21N5O4. The molecule has 1 aliphatic rings. The second-order valence-electron chi connectivity index (χ2n) is 5.55. The molecule has 2 heterocycles. The third-order valence-electron chi connectivity index (χ3n) is 3.80. The van der Waals surface area contributed by atoms with Crippen molar-refractivity contribution in [2.45, 2.75) is 0 Å². The van der Waals surface area contributed by atoms with Crippen LogP contribution in [0.2, 0.25) is 0 Å². The third kappa shape index (κ3) is 4.51. The predicted molar refractivity (Wildman–Crippen MR) is 97.3 cm³/mol. The lowest BCUT2D eigenvalue weighted by Gasteiger charge is -2.26. The van der Waals surface area contributed by atoms with Crippen molar-refractivity contribution in [2.75, 3.05) is 56.1 Å². The smallest absolute Gasteiger partial charge is 0.323 e. The minimum Gasteiger partial charge on any atom is -0.497 e. The number of carbonyl (C=O) groups excluding carboxylic acids is 1. The molecule has 1 fully saturated rings. The van der Waals surface area contributed by atoms with Crippen molar-refractivity contribution in [3.05, 3.63) is 30.6 Å². The number of nitrogens with one attached hydrogen (secondary N) is 2. The molecule has 9 heteroatoms. The number of carbonyl (C=O) groups is 1. The molecule has 9 nitrogen and oxygen atoms in total. The average Bonchev–Trinajstić information content (AvgIpc) is 2.68. The van der Waals surface area contributed by atoms with Crippen LogP contribution in [0.3, 0.4) is 0 Å². The van der Waals surface area contributed by atoms with Gasteiger partial charge in [0.05, 0.1) is 45.5 Å². The molecule has 0 unspecified atom stereocenters. The molecule has 1 aliphatic heterocycles. The standard InChI is InChI=1S/C17H21N5O4/c1-24-14-7-12(8-15(9-14)25-2)20-17(23)21-13-10-18-16(19-11-13)22-3-5-26-6-4-22/h7-11H,3-6H2,1-2H3,(H2,20,21,23). The Bertz CT molecular complexity index is 725. The van der Waals surface area contributed by atoms with E-state index in [1.807, 2.05) is 4.90 Å². The maximum absolute atomic E-state index is 12.2. The van der Waals surface area contributed by atoms with Gasteiger partial charge < -0.3 is 29.7 Å². The predicted octanol–water partition coefficient (Wildman–Crippen LogP) is 1.97. The van der Waals surface area contributed by atoms with Crippen LogP contribution in [0.25, 0.3) is 0 Å². The fourth-order valence-electron chi connectivity index (χ4n) is 2.49. The number of amides is 2. The molecule has 2 amide bonds. The van der Waals surface area contributed by atoms with E-state index in [1.165, 1.54) is 0 Å². The first-order chi connectivity index (χ1) is 12.7. The Hall–Kier alpha value is -3.07. The monoisotopic (exact) mass is 359 g/mol. The van der Waals surface area contributed by atoms with Crippen molar-refractivity contribution in [1.82, 2.24) is 9.97 Å². The molecule has 0 aliphatic carbocycles. The summed E-state index contributed by atoms with van der Waals surface area (Å²) in [5.41, 5.74) is 1.04. The molecule has 1 aromatic carbocycles. The summed E-state index contributed by atoms with van der Waals surface area (Å²) in [6.45, 7) is 2.83. The summed E-state index contributed by atoms with van der Waals surface area (Å²) in [6, 6.07) is 4.70. The first-order valence-electron chi connectivity index (χ1n) is 8.14. The van der Waals surface area contributed by atoms with E-state index >= 15 is 0 Å². The molecule has 0 spiro atoms. The minimum absolute atomic E-state index is 0.414. The molecule has 3 rings (SSSR count). The van der Waals surface area contributed by atoms with Crippen molar-refractivity contribution >= 4 is 23.4 Å². The Morgan fingerprint density at radius 3 is 2.15 bits per heavy atom. The molecule has 0 saturated carbocycles. The third-order valence-corrected chi connectivity index (χ3v) is 3.80. The molecule has 138 valence electrons. The van der Waals surface area contributed by atoms with Gasteiger partial charge in [-0.3, -0.25) is 0 Å². The number of nitrogens with zero attached hydrogens (tertiary/aromatic N) is 3. The van der Waals surface area contributed by atoms with Crippen LogP contribution in [0.4, 0.5) is 22.1 Å². The number of morpholine rings is 1. The minimum atomic E-state index is -0.414. The summed E-state index contributed by atoms with van der Waals surface area (Å²) in [5.74, 6) is 1.78. The number of ether oxygens (including phenoxy) is 3. The van der Waals surface area contributed by atoms with Gasteiger partial charge in [-0.05, 0) is 0 Å². The quantitative estimate of drug-likeness (QED) is 0.842. The molecule has 1 aromatic heterocycles. The molecule has 0 atom stereocenters. The zero-order valence-corrected chi connectivity index (χ0v) is 14.7. The van der Waals surface area contributed by atoms with E-state index in [4.69, 9.17) is 14.2 Å². The Labute approximate surface area is 151 Å². The molecular weight excluding hydrogens is 338 g/mol. The van der Waals surface area contributed by atoms with E-state index in [-0.39, 0.29) is 0 Å². The highest BCUT2D eigenvalue weighted by Crippen LogP contribution is 2.25. The summed E-state index contributed by atoms with van der Waals surface area (Å²) in [7, 11) is 3.10. The number of hydrogen-bond donors (Lipinski definition) is 2. The maximum Gasteiger partial charge on any atom is 0.323 e. The molecule has 2 aromatic rings. The molecule has 1 saturated heterocycles. The number of hydrogen-bond acceptors (Lipinski definition) is 7. The fraction of sp³-hybridized carbons (Fsp3) is 0.353. The summed E-state index contributed by atoms with van der Waals surface area (Å²) in [5, 5.41) is 5.42. The van der Waals surface area contributed by atoms with Gasteiger partial charge in [-0.1, -0.05) is 0 Å². The Morgan fingerprint density at radius 2 is 1.58 bits per heavy atom. The van der Waals surface area contributed by atoms with Crippen LogP contribution < -0.4 is 25.0 Å².